The van der Waals surface area contributed by atoms with Crippen molar-refractivity contribution in [2.24, 2.45) is 0 Å². The lowest BCUT2D eigenvalue weighted by Gasteiger charge is -2.35. The van der Waals surface area contributed by atoms with Gasteiger partial charge in [-0.1, -0.05) is 0 Å². The van der Waals surface area contributed by atoms with Crippen LogP contribution in [0.1, 0.15) is 52.7 Å². The van der Waals surface area contributed by atoms with E-state index in [4.69, 9.17) is 13.3 Å². The van der Waals surface area contributed by atoms with E-state index in [9.17, 15) is 26.3 Å². The van der Waals surface area contributed by atoms with Crippen molar-refractivity contribution in [3.05, 3.63) is 29.3 Å². The van der Waals surface area contributed by atoms with Crippen molar-refractivity contribution in [1.82, 2.24) is 0 Å². The van der Waals surface area contributed by atoms with E-state index >= 15 is 0 Å². The molecule has 0 saturated carbocycles. The summed E-state index contributed by atoms with van der Waals surface area (Å²) in [5, 5.41) is -0.374. The molecule has 10 heteroatoms. The quantitative estimate of drug-likeness (QED) is 0.453. The third kappa shape index (κ3) is 6.77. The molecule has 0 radical (unpaired) electrons. The van der Waals surface area contributed by atoms with Crippen molar-refractivity contribution in [1.29, 1.82) is 0 Å². The first-order chi connectivity index (χ1) is 12.1. The fourth-order valence-electron chi connectivity index (χ4n) is 2.35. The molecular weight excluding hydrogens is 394 g/mol. The monoisotopic (exact) mass is 418 g/mol. The van der Waals surface area contributed by atoms with Crippen LogP contribution in [0.15, 0.2) is 18.2 Å². The minimum Gasteiger partial charge on any atom is -0.367 e. The lowest BCUT2D eigenvalue weighted by atomic mass is 10.1. The minimum absolute atomic E-state index is 0.0722. The summed E-state index contributed by atoms with van der Waals surface area (Å²) in [5.41, 5.74) is -2.87. The summed E-state index contributed by atoms with van der Waals surface area (Å²) in [4.78, 5) is 0. The van der Waals surface area contributed by atoms with E-state index in [0.717, 1.165) is 0 Å². The van der Waals surface area contributed by atoms with Gasteiger partial charge in [0, 0.05) is 23.5 Å². The smallest absolute Gasteiger partial charge is 0.367 e. The number of halogens is 6. The van der Waals surface area contributed by atoms with E-state index in [1.165, 1.54) is 0 Å². The molecule has 0 atom stereocenters. The van der Waals surface area contributed by atoms with Gasteiger partial charge in [-0.2, -0.15) is 26.3 Å². The van der Waals surface area contributed by atoms with E-state index in [0.29, 0.717) is 12.1 Å². The molecule has 1 rings (SSSR count). The summed E-state index contributed by atoms with van der Waals surface area (Å²) in [6.07, 6.45) is -11.6. The second-order valence-corrected chi connectivity index (χ2v) is 9.25. The van der Waals surface area contributed by atoms with E-state index in [1.807, 2.05) is 0 Å². The van der Waals surface area contributed by atoms with Gasteiger partial charge < -0.3 is 13.3 Å². The first-order valence-electron chi connectivity index (χ1n) is 8.40. The molecule has 0 heterocycles. The Labute approximate surface area is 156 Å². The van der Waals surface area contributed by atoms with E-state index in [1.54, 1.807) is 41.5 Å². The molecule has 3 nitrogen and oxygen atoms in total. The molecule has 27 heavy (non-hydrogen) atoms. The van der Waals surface area contributed by atoms with Crippen LogP contribution in [0.2, 0.25) is 0 Å². The Kier molecular flexibility index (Phi) is 7.54. The Bertz CT molecular complexity index is 567. The molecule has 0 N–H and O–H groups in total. The maximum Gasteiger partial charge on any atom is 0.537 e. The Morgan fingerprint density at radius 1 is 0.630 bits per heavy atom. The third-order valence-electron chi connectivity index (χ3n) is 3.11. The van der Waals surface area contributed by atoms with Gasteiger partial charge in [-0.05, 0) is 59.7 Å². The molecule has 0 unspecified atom stereocenters. The normalized spacial score (nSPS) is 13.9. The van der Waals surface area contributed by atoms with Crippen molar-refractivity contribution in [3.8, 4) is 0 Å². The van der Waals surface area contributed by atoms with E-state index in [2.05, 4.69) is 0 Å². The second-order valence-electron chi connectivity index (χ2n) is 6.85. The standard InChI is InChI=1S/C17H24F6O3Si/c1-10(2)24-27(25-11(3)4,26-12(5)6)15-8-13(16(18,19)20)7-14(9-15)17(21,22)23/h7-12H,1-6H3. The molecule has 0 bridgehead atoms. The molecule has 0 fully saturated rings. The lowest BCUT2D eigenvalue weighted by Crippen LogP contribution is -2.60. The molecule has 156 valence electrons. The predicted octanol–water partition coefficient (Wildman–Crippen LogP) is 5.15. The van der Waals surface area contributed by atoms with Crippen LogP contribution in [0.3, 0.4) is 0 Å². The van der Waals surface area contributed by atoms with Crippen LogP contribution in [0, 0.1) is 0 Å². The van der Waals surface area contributed by atoms with Gasteiger partial charge in [-0.15, -0.1) is 0 Å². The highest BCUT2D eigenvalue weighted by molar-refractivity contribution is 6.75. The number of hydrogen-bond acceptors (Lipinski definition) is 3. The molecule has 0 spiro atoms. The zero-order valence-electron chi connectivity index (χ0n) is 16.0. The van der Waals surface area contributed by atoms with Crippen molar-refractivity contribution in [3.63, 3.8) is 0 Å². The molecule has 0 aliphatic rings. The first-order valence-corrected chi connectivity index (χ1v) is 10.1. The topological polar surface area (TPSA) is 27.7 Å². The van der Waals surface area contributed by atoms with Gasteiger partial charge in [-0.25, -0.2) is 0 Å². The van der Waals surface area contributed by atoms with Crippen LogP contribution in [-0.4, -0.2) is 27.1 Å². The van der Waals surface area contributed by atoms with Gasteiger partial charge in [0.25, 0.3) is 0 Å². The summed E-state index contributed by atoms with van der Waals surface area (Å²) in [6, 6.07) is 1.31. The summed E-state index contributed by atoms with van der Waals surface area (Å²) in [7, 11) is -4.08. The van der Waals surface area contributed by atoms with Crippen molar-refractivity contribution >= 4 is 14.0 Å². The minimum atomic E-state index is -4.97. The second kappa shape index (κ2) is 8.50. The summed E-state index contributed by atoms with van der Waals surface area (Å²) in [5.74, 6) is 0. The summed E-state index contributed by atoms with van der Waals surface area (Å²) < 4.78 is 96.6. The van der Waals surface area contributed by atoms with Crippen LogP contribution in [0.4, 0.5) is 26.3 Å². The summed E-state index contributed by atoms with van der Waals surface area (Å²) >= 11 is 0. The molecule has 1 aromatic carbocycles. The molecule has 0 aromatic heterocycles. The molecule has 0 aliphatic heterocycles. The Hall–Kier alpha value is -1.10. The van der Waals surface area contributed by atoms with Crippen LogP contribution >= 0.6 is 0 Å². The fourth-order valence-corrected chi connectivity index (χ4v) is 5.45. The number of alkyl halides is 6. The molecule has 1 aromatic rings. The Balaban J connectivity index is 3.76. The largest absolute Gasteiger partial charge is 0.537 e. The Morgan fingerprint density at radius 2 is 0.926 bits per heavy atom. The van der Waals surface area contributed by atoms with E-state index < -0.39 is 50.6 Å². The highest BCUT2D eigenvalue weighted by Crippen LogP contribution is 2.35. The molecule has 0 saturated heterocycles. The van der Waals surface area contributed by atoms with Gasteiger partial charge >= 0.3 is 21.2 Å². The average molecular weight is 418 g/mol. The van der Waals surface area contributed by atoms with Gasteiger partial charge in [0.1, 0.15) is 0 Å². The zero-order valence-corrected chi connectivity index (χ0v) is 17.0. The van der Waals surface area contributed by atoms with Gasteiger partial charge in [0.05, 0.1) is 11.1 Å². The summed E-state index contributed by atoms with van der Waals surface area (Å²) in [6.45, 7) is 9.63. The molecular formula is C17H24F6O3Si. The highest BCUT2D eigenvalue weighted by Gasteiger charge is 2.49. The zero-order chi connectivity index (χ0) is 21.2. The number of benzene rings is 1. The van der Waals surface area contributed by atoms with Crippen molar-refractivity contribution < 1.29 is 39.6 Å². The average Bonchev–Trinajstić information content (AvgIpc) is 2.42. The molecule has 0 amide bonds. The highest BCUT2D eigenvalue weighted by atomic mass is 28.4. The van der Waals surface area contributed by atoms with Crippen molar-refractivity contribution in [2.45, 2.75) is 72.2 Å². The van der Waals surface area contributed by atoms with Gasteiger partial charge in [-0.3, -0.25) is 0 Å². The number of rotatable bonds is 7. The van der Waals surface area contributed by atoms with Crippen LogP contribution in [0.25, 0.3) is 0 Å². The first kappa shape index (κ1) is 23.9. The maximum absolute atomic E-state index is 13.2. The van der Waals surface area contributed by atoms with Crippen LogP contribution < -0.4 is 5.19 Å². The third-order valence-corrected chi connectivity index (χ3v) is 6.45. The van der Waals surface area contributed by atoms with Crippen molar-refractivity contribution in [2.75, 3.05) is 0 Å². The molecule has 0 aliphatic carbocycles. The SMILES string of the molecule is CC(C)O[Si](OC(C)C)(OC(C)C)c1cc(C(F)(F)F)cc(C(F)(F)F)c1. The number of hydrogen-bond donors (Lipinski definition) is 0. The Morgan fingerprint density at radius 3 is 1.15 bits per heavy atom. The lowest BCUT2D eigenvalue weighted by molar-refractivity contribution is -0.143. The van der Waals surface area contributed by atoms with Gasteiger partial charge in [0.15, 0.2) is 0 Å². The fraction of sp³-hybridized carbons (Fsp3) is 0.647. The van der Waals surface area contributed by atoms with Gasteiger partial charge in [0.2, 0.25) is 0 Å². The maximum atomic E-state index is 13.2. The van der Waals surface area contributed by atoms with Crippen LogP contribution in [-0.2, 0) is 25.6 Å². The van der Waals surface area contributed by atoms with Crippen LogP contribution in [0.5, 0.6) is 0 Å². The predicted molar refractivity (Wildman–Crippen MR) is 90.5 cm³/mol. The van der Waals surface area contributed by atoms with E-state index in [-0.39, 0.29) is 11.3 Å².